The fourth-order valence-electron chi connectivity index (χ4n) is 1.52. The van der Waals surface area contributed by atoms with Crippen LogP contribution in [0.4, 0.5) is 4.79 Å². The summed E-state index contributed by atoms with van der Waals surface area (Å²) in [6.07, 6.45) is 0.124. The van der Waals surface area contributed by atoms with E-state index in [1.807, 2.05) is 18.2 Å². The highest BCUT2D eigenvalue weighted by molar-refractivity contribution is 9.10. The highest BCUT2D eigenvalue weighted by atomic mass is 79.9. The molecule has 1 unspecified atom stereocenters. The minimum atomic E-state index is -0.412. The lowest BCUT2D eigenvalue weighted by Gasteiger charge is -2.11. The van der Waals surface area contributed by atoms with Crippen molar-refractivity contribution in [3.63, 3.8) is 0 Å². The molecule has 0 radical (unpaired) electrons. The maximum atomic E-state index is 11.5. The first kappa shape index (κ1) is 15.8. The molecule has 1 rings (SSSR count). The van der Waals surface area contributed by atoms with Gasteiger partial charge >= 0.3 is 6.03 Å². The molecule has 0 saturated carbocycles. The van der Waals surface area contributed by atoms with Crippen molar-refractivity contribution in [2.24, 2.45) is 0 Å². The minimum Gasteiger partial charge on any atom is -0.496 e. The molecule has 0 aliphatic heterocycles. The Morgan fingerprint density at radius 1 is 1.47 bits per heavy atom. The van der Waals surface area contributed by atoms with Gasteiger partial charge in [-0.15, -0.1) is 0 Å². The highest BCUT2D eigenvalue weighted by Crippen LogP contribution is 2.22. The van der Waals surface area contributed by atoms with Gasteiger partial charge in [0.05, 0.1) is 13.2 Å². The predicted octanol–water partition coefficient (Wildman–Crippen LogP) is 2.03. The fourth-order valence-corrected chi connectivity index (χ4v) is 1.93. The Balaban J connectivity index is 2.43. The smallest absolute Gasteiger partial charge is 0.315 e. The Bertz CT molecular complexity index is 424. The van der Waals surface area contributed by atoms with E-state index in [-0.39, 0.29) is 6.03 Å². The number of aliphatic hydroxyl groups excluding tert-OH is 1. The molecule has 3 N–H and O–H groups in total. The molecule has 0 aliphatic carbocycles. The molecule has 106 valence electrons. The summed E-state index contributed by atoms with van der Waals surface area (Å²) in [5, 5.41) is 14.5. The summed E-state index contributed by atoms with van der Waals surface area (Å²) in [5.41, 5.74) is 0.891. The summed E-state index contributed by atoms with van der Waals surface area (Å²) in [6.45, 7) is 2.51. The number of carbonyl (C=O) groups excluding carboxylic acids is 1. The van der Waals surface area contributed by atoms with Crippen molar-refractivity contribution in [3.8, 4) is 5.75 Å². The van der Waals surface area contributed by atoms with Gasteiger partial charge in [-0.1, -0.05) is 15.9 Å². The molecule has 5 nitrogen and oxygen atoms in total. The van der Waals surface area contributed by atoms with E-state index >= 15 is 0 Å². The molecule has 0 aliphatic rings. The third kappa shape index (κ3) is 5.94. The van der Waals surface area contributed by atoms with E-state index in [1.54, 1.807) is 14.0 Å². The molecular weight excluding hydrogens is 312 g/mol. The van der Waals surface area contributed by atoms with Gasteiger partial charge < -0.3 is 20.5 Å². The van der Waals surface area contributed by atoms with Crippen LogP contribution in [0.2, 0.25) is 0 Å². The number of hydrogen-bond acceptors (Lipinski definition) is 3. The number of aliphatic hydroxyl groups is 1. The third-order valence-corrected chi connectivity index (χ3v) is 3.02. The van der Waals surface area contributed by atoms with Crippen LogP contribution in [0, 0.1) is 0 Å². The Morgan fingerprint density at radius 3 is 2.84 bits per heavy atom. The second kappa shape index (κ2) is 8.01. The van der Waals surface area contributed by atoms with Crippen LogP contribution in [0.5, 0.6) is 5.75 Å². The van der Waals surface area contributed by atoms with Gasteiger partial charge in [-0.25, -0.2) is 4.79 Å². The van der Waals surface area contributed by atoms with Gasteiger partial charge in [0.2, 0.25) is 0 Å². The van der Waals surface area contributed by atoms with Crippen LogP contribution in [0.25, 0.3) is 0 Å². The number of benzene rings is 1. The molecule has 19 heavy (non-hydrogen) atoms. The number of methoxy groups -OCH3 is 1. The van der Waals surface area contributed by atoms with E-state index in [0.29, 0.717) is 19.5 Å². The molecule has 1 aromatic carbocycles. The zero-order chi connectivity index (χ0) is 14.3. The Kier molecular flexibility index (Phi) is 6.66. The van der Waals surface area contributed by atoms with E-state index < -0.39 is 6.10 Å². The summed E-state index contributed by atoms with van der Waals surface area (Å²) in [5.74, 6) is 0.729. The van der Waals surface area contributed by atoms with Crippen LogP contribution >= 0.6 is 15.9 Å². The molecule has 0 aromatic heterocycles. The monoisotopic (exact) mass is 330 g/mol. The van der Waals surface area contributed by atoms with Crippen molar-refractivity contribution in [3.05, 3.63) is 28.2 Å². The fraction of sp³-hybridized carbons (Fsp3) is 0.462. The van der Waals surface area contributed by atoms with Crippen LogP contribution in [-0.2, 0) is 6.54 Å². The largest absolute Gasteiger partial charge is 0.496 e. The standard InChI is InChI=1S/C13H19BrN2O3/c1-9(17)5-6-15-13(18)16-8-10-7-11(14)3-4-12(10)19-2/h3-4,7,9,17H,5-6,8H2,1-2H3,(H2,15,16,18). The summed E-state index contributed by atoms with van der Waals surface area (Å²) in [6, 6.07) is 5.36. The average Bonchev–Trinajstić information content (AvgIpc) is 2.36. The van der Waals surface area contributed by atoms with Gasteiger partial charge in [0.1, 0.15) is 5.75 Å². The van der Waals surface area contributed by atoms with Gasteiger partial charge in [-0.2, -0.15) is 0 Å². The molecule has 2 amide bonds. The summed E-state index contributed by atoms with van der Waals surface area (Å²) in [4.78, 5) is 11.5. The van der Waals surface area contributed by atoms with E-state index in [2.05, 4.69) is 26.6 Å². The molecule has 6 heteroatoms. The predicted molar refractivity (Wildman–Crippen MR) is 77.2 cm³/mol. The van der Waals surface area contributed by atoms with Crippen LogP contribution < -0.4 is 15.4 Å². The van der Waals surface area contributed by atoms with E-state index in [1.165, 1.54) is 0 Å². The van der Waals surface area contributed by atoms with Crippen molar-refractivity contribution in [2.45, 2.75) is 26.0 Å². The number of urea groups is 1. The number of halogens is 1. The maximum Gasteiger partial charge on any atom is 0.315 e. The number of hydrogen-bond donors (Lipinski definition) is 3. The van der Waals surface area contributed by atoms with Gasteiger partial charge in [-0.05, 0) is 31.5 Å². The normalized spacial score (nSPS) is 11.8. The SMILES string of the molecule is COc1ccc(Br)cc1CNC(=O)NCCC(C)O. The van der Waals surface area contributed by atoms with Crippen LogP contribution in [0.15, 0.2) is 22.7 Å². The molecular formula is C13H19BrN2O3. The quantitative estimate of drug-likeness (QED) is 0.747. The highest BCUT2D eigenvalue weighted by Gasteiger charge is 2.06. The van der Waals surface area contributed by atoms with Gasteiger partial charge in [0, 0.05) is 23.1 Å². The van der Waals surface area contributed by atoms with Gasteiger partial charge in [0.15, 0.2) is 0 Å². The average molecular weight is 331 g/mol. The minimum absolute atomic E-state index is 0.261. The van der Waals surface area contributed by atoms with Crippen molar-refractivity contribution in [1.29, 1.82) is 0 Å². The molecule has 1 atom stereocenters. The lowest BCUT2D eigenvalue weighted by Crippen LogP contribution is -2.36. The summed E-state index contributed by atoms with van der Waals surface area (Å²) < 4.78 is 6.15. The second-order valence-electron chi connectivity index (χ2n) is 4.20. The van der Waals surface area contributed by atoms with Gasteiger partial charge in [-0.3, -0.25) is 0 Å². The Hall–Kier alpha value is -1.27. The first-order valence-electron chi connectivity index (χ1n) is 6.05. The van der Waals surface area contributed by atoms with Gasteiger partial charge in [0.25, 0.3) is 0 Å². The number of ether oxygens (including phenoxy) is 1. The van der Waals surface area contributed by atoms with Crippen molar-refractivity contribution in [1.82, 2.24) is 10.6 Å². The van der Waals surface area contributed by atoms with E-state index in [0.717, 1.165) is 15.8 Å². The molecule has 0 spiro atoms. The lowest BCUT2D eigenvalue weighted by atomic mass is 10.2. The molecule has 0 heterocycles. The first-order chi connectivity index (χ1) is 9.02. The summed E-state index contributed by atoms with van der Waals surface area (Å²) in [7, 11) is 1.59. The number of amides is 2. The zero-order valence-corrected chi connectivity index (χ0v) is 12.7. The maximum absolute atomic E-state index is 11.5. The van der Waals surface area contributed by atoms with Crippen molar-refractivity contribution >= 4 is 22.0 Å². The zero-order valence-electron chi connectivity index (χ0n) is 11.1. The molecule has 0 fully saturated rings. The van der Waals surface area contributed by atoms with Crippen LogP contribution in [0.1, 0.15) is 18.9 Å². The third-order valence-electron chi connectivity index (χ3n) is 2.53. The van der Waals surface area contributed by atoms with Crippen LogP contribution in [-0.4, -0.2) is 30.9 Å². The Morgan fingerprint density at radius 2 is 2.21 bits per heavy atom. The molecule has 0 saturated heterocycles. The molecule has 1 aromatic rings. The number of nitrogens with one attached hydrogen (secondary N) is 2. The van der Waals surface area contributed by atoms with E-state index in [4.69, 9.17) is 9.84 Å². The second-order valence-corrected chi connectivity index (χ2v) is 5.12. The summed E-state index contributed by atoms with van der Waals surface area (Å²) >= 11 is 3.38. The topological polar surface area (TPSA) is 70.6 Å². The Labute approximate surface area is 121 Å². The first-order valence-corrected chi connectivity index (χ1v) is 6.84. The number of rotatable bonds is 6. The number of carbonyl (C=O) groups is 1. The van der Waals surface area contributed by atoms with E-state index in [9.17, 15) is 4.79 Å². The van der Waals surface area contributed by atoms with Crippen LogP contribution in [0.3, 0.4) is 0 Å². The molecule has 0 bridgehead atoms. The lowest BCUT2D eigenvalue weighted by molar-refractivity contribution is 0.183. The van der Waals surface area contributed by atoms with Crippen molar-refractivity contribution in [2.75, 3.05) is 13.7 Å². The van der Waals surface area contributed by atoms with Crippen molar-refractivity contribution < 1.29 is 14.6 Å².